The molecule has 0 bridgehead atoms. The molecule has 1 atom stereocenters. The molecule has 0 saturated heterocycles. The maximum Gasteiger partial charge on any atom is 0.312 e. The topological polar surface area (TPSA) is 88.7 Å². The van der Waals surface area contributed by atoms with Gasteiger partial charge >= 0.3 is 6.03 Å². The summed E-state index contributed by atoms with van der Waals surface area (Å²) in [7, 11) is 4.21. The first-order chi connectivity index (χ1) is 10.3. The van der Waals surface area contributed by atoms with Crippen molar-refractivity contribution in [3.05, 3.63) is 35.4 Å². The summed E-state index contributed by atoms with van der Waals surface area (Å²) < 4.78 is 0. The molecule has 122 valence electrons. The van der Waals surface area contributed by atoms with Crippen LogP contribution in [0.15, 0.2) is 24.3 Å². The average molecular weight is 307 g/mol. The zero-order valence-corrected chi connectivity index (χ0v) is 13.8. The standard InChI is InChI=1S/C16H26N4O2/c1-11(2)14(19-16(17)22)15(21)18-9-12-5-7-13(8-6-12)10-20(3)4/h5-8,11,14H,9-10H2,1-4H3,(H,18,21)(H3,17,19,22)/p+1/t14-/m0/s1. The van der Waals surface area contributed by atoms with Crippen LogP contribution in [0.25, 0.3) is 0 Å². The van der Waals surface area contributed by atoms with Crippen molar-refractivity contribution in [2.24, 2.45) is 11.7 Å². The van der Waals surface area contributed by atoms with Crippen molar-refractivity contribution in [3.63, 3.8) is 0 Å². The molecule has 5 N–H and O–H groups in total. The molecule has 22 heavy (non-hydrogen) atoms. The average Bonchev–Trinajstić information content (AvgIpc) is 2.42. The van der Waals surface area contributed by atoms with E-state index in [0.717, 1.165) is 12.1 Å². The van der Waals surface area contributed by atoms with Gasteiger partial charge in [0.25, 0.3) is 0 Å². The number of rotatable bonds is 7. The van der Waals surface area contributed by atoms with Gasteiger partial charge in [-0.25, -0.2) is 4.79 Å². The van der Waals surface area contributed by atoms with E-state index in [9.17, 15) is 9.59 Å². The molecular formula is C16H27N4O2+. The predicted octanol–water partition coefficient (Wildman–Crippen LogP) is -0.360. The predicted molar refractivity (Wildman–Crippen MR) is 86.1 cm³/mol. The Balaban J connectivity index is 2.57. The van der Waals surface area contributed by atoms with Crippen LogP contribution in [-0.4, -0.2) is 32.1 Å². The van der Waals surface area contributed by atoms with Gasteiger partial charge in [-0.1, -0.05) is 38.1 Å². The second-order valence-electron chi connectivity index (χ2n) is 6.15. The summed E-state index contributed by atoms with van der Waals surface area (Å²) in [5.41, 5.74) is 7.38. The molecular weight excluding hydrogens is 280 g/mol. The molecule has 0 spiro atoms. The number of nitrogens with one attached hydrogen (secondary N) is 3. The maximum atomic E-state index is 12.1. The summed E-state index contributed by atoms with van der Waals surface area (Å²) >= 11 is 0. The minimum Gasteiger partial charge on any atom is -0.352 e. The number of carbonyl (C=O) groups is 2. The quantitative estimate of drug-likeness (QED) is 0.554. The molecule has 0 aliphatic carbocycles. The van der Waals surface area contributed by atoms with Crippen LogP contribution >= 0.6 is 0 Å². The molecule has 6 nitrogen and oxygen atoms in total. The normalized spacial score (nSPS) is 12.3. The smallest absolute Gasteiger partial charge is 0.312 e. The first-order valence-electron chi connectivity index (χ1n) is 7.50. The van der Waals surface area contributed by atoms with Gasteiger partial charge in [-0.3, -0.25) is 4.79 Å². The lowest BCUT2D eigenvalue weighted by molar-refractivity contribution is -0.872. The van der Waals surface area contributed by atoms with Gasteiger partial charge in [0.1, 0.15) is 12.6 Å². The van der Waals surface area contributed by atoms with Crippen molar-refractivity contribution in [3.8, 4) is 0 Å². The van der Waals surface area contributed by atoms with Crippen LogP contribution in [-0.2, 0) is 17.9 Å². The van der Waals surface area contributed by atoms with Crippen molar-refractivity contribution < 1.29 is 14.5 Å². The summed E-state index contributed by atoms with van der Waals surface area (Å²) in [5, 5.41) is 5.30. The summed E-state index contributed by atoms with van der Waals surface area (Å²) in [5.74, 6) is -0.256. The number of urea groups is 1. The number of benzene rings is 1. The van der Waals surface area contributed by atoms with Gasteiger partial charge in [0, 0.05) is 12.1 Å². The lowest BCUT2D eigenvalue weighted by atomic mass is 10.0. The minimum absolute atomic E-state index is 0.0297. The summed E-state index contributed by atoms with van der Waals surface area (Å²) in [6, 6.07) is 6.83. The second-order valence-corrected chi connectivity index (χ2v) is 6.15. The van der Waals surface area contributed by atoms with Gasteiger partial charge in [-0.2, -0.15) is 0 Å². The molecule has 0 aliphatic heterocycles. The van der Waals surface area contributed by atoms with E-state index in [1.165, 1.54) is 10.5 Å². The molecule has 0 fully saturated rings. The van der Waals surface area contributed by atoms with Gasteiger partial charge in [-0.05, 0) is 11.5 Å². The maximum absolute atomic E-state index is 12.1. The van der Waals surface area contributed by atoms with E-state index in [2.05, 4.69) is 36.9 Å². The van der Waals surface area contributed by atoms with Crippen LogP contribution in [0.2, 0.25) is 0 Å². The van der Waals surface area contributed by atoms with E-state index in [0.29, 0.717) is 6.54 Å². The molecule has 0 heterocycles. The minimum atomic E-state index is -0.690. The van der Waals surface area contributed by atoms with Crippen LogP contribution in [0.4, 0.5) is 4.79 Å². The number of hydrogen-bond acceptors (Lipinski definition) is 2. The van der Waals surface area contributed by atoms with E-state index in [-0.39, 0.29) is 11.8 Å². The highest BCUT2D eigenvalue weighted by atomic mass is 16.2. The van der Waals surface area contributed by atoms with Crippen LogP contribution in [0.5, 0.6) is 0 Å². The summed E-state index contributed by atoms with van der Waals surface area (Å²) in [4.78, 5) is 24.4. The van der Waals surface area contributed by atoms with Crippen molar-refractivity contribution in [2.45, 2.75) is 33.0 Å². The van der Waals surface area contributed by atoms with Crippen molar-refractivity contribution in [1.29, 1.82) is 0 Å². The molecule has 1 aromatic rings. The fourth-order valence-electron chi connectivity index (χ4n) is 2.17. The number of nitrogens with two attached hydrogens (primary N) is 1. The van der Waals surface area contributed by atoms with Gasteiger partial charge in [0.15, 0.2) is 0 Å². The Kier molecular flexibility index (Phi) is 6.85. The van der Waals surface area contributed by atoms with Crippen LogP contribution in [0.1, 0.15) is 25.0 Å². The molecule has 0 radical (unpaired) electrons. The molecule has 0 saturated carbocycles. The van der Waals surface area contributed by atoms with Crippen LogP contribution in [0, 0.1) is 5.92 Å². The number of amides is 3. The fraction of sp³-hybridized carbons (Fsp3) is 0.500. The third kappa shape index (κ3) is 6.13. The van der Waals surface area contributed by atoms with Gasteiger partial charge < -0.3 is 21.3 Å². The largest absolute Gasteiger partial charge is 0.352 e. The van der Waals surface area contributed by atoms with Crippen molar-refractivity contribution in [2.75, 3.05) is 14.1 Å². The number of primary amides is 1. The Bertz CT molecular complexity index is 497. The van der Waals surface area contributed by atoms with E-state index < -0.39 is 12.1 Å². The third-order valence-electron chi connectivity index (χ3n) is 3.29. The first kappa shape index (κ1) is 18.0. The third-order valence-corrected chi connectivity index (χ3v) is 3.29. The number of quaternary nitrogens is 1. The van der Waals surface area contributed by atoms with Crippen LogP contribution < -0.4 is 21.3 Å². The van der Waals surface area contributed by atoms with Gasteiger partial charge in [0.2, 0.25) is 5.91 Å². The summed E-state index contributed by atoms with van der Waals surface area (Å²) in [6.07, 6.45) is 0. The van der Waals surface area contributed by atoms with Crippen molar-refractivity contribution >= 4 is 11.9 Å². The Morgan fingerprint density at radius 1 is 1.14 bits per heavy atom. The molecule has 3 amide bonds. The highest BCUT2D eigenvalue weighted by Crippen LogP contribution is 2.05. The zero-order chi connectivity index (χ0) is 16.7. The van der Waals surface area contributed by atoms with Gasteiger partial charge in [0.05, 0.1) is 14.1 Å². The van der Waals surface area contributed by atoms with Crippen molar-refractivity contribution in [1.82, 2.24) is 10.6 Å². The lowest BCUT2D eigenvalue weighted by Gasteiger charge is -2.20. The first-order valence-corrected chi connectivity index (χ1v) is 7.50. The van der Waals surface area contributed by atoms with E-state index >= 15 is 0 Å². The molecule has 1 aromatic carbocycles. The molecule has 0 aromatic heterocycles. The lowest BCUT2D eigenvalue weighted by Crippen LogP contribution is -3.04. The Morgan fingerprint density at radius 2 is 1.68 bits per heavy atom. The van der Waals surface area contributed by atoms with E-state index in [4.69, 9.17) is 5.73 Å². The Morgan fingerprint density at radius 3 is 2.14 bits per heavy atom. The molecule has 1 rings (SSSR count). The highest BCUT2D eigenvalue weighted by Gasteiger charge is 2.22. The van der Waals surface area contributed by atoms with E-state index in [1.54, 1.807) is 0 Å². The summed E-state index contributed by atoms with van der Waals surface area (Å²) in [6.45, 7) is 5.11. The van der Waals surface area contributed by atoms with Crippen LogP contribution in [0.3, 0.4) is 0 Å². The zero-order valence-electron chi connectivity index (χ0n) is 13.8. The number of hydrogen-bond donors (Lipinski definition) is 4. The monoisotopic (exact) mass is 307 g/mol. The van der Waals surface area contributed by atoms with E-state index in [1.807, 2.05) is 26.0 Å². The fourth-order valence-corrected chi connectivity index (χ4v) is 2.17. The second kappa shape index (κ2) is 8.38. The number of carbonyl (C=O) groups excluding carboxylic acids is 2. The molecule has 0 aliphatic rings. The molecule has 0 unspecified atom stereocenters. The molecule has 6 heteroatoms. The Hall–Kier alpha value is -2.08. The Labute approximate surface area is 132 Å². The highest BCUT2D eigenvalue weighted by molar-refractivity contribution is 5.86. The SMILES string of the molecule is CC(C)[C@H](NC(N)=O)C(=O)NCc1ccc(C[NH+](C)C)cc1. The van der Waals surface area contributed by atoms with Gasteiger partial charge in [-0.15, -0.1) is 0 Å².